The summed E-state index contributed by atoms with van der Waals surface area (Å²) in [5, 5.41) is 0.728. The Morgan fingerprint density at radius 1 is 1.14 bits per heavy atom. The first-order valence-corrected chi connectivity index (χ1v) is 9.63. The number of nitrogens with zero attached hydrogens (tertiary/aromatic N) is 4. The van der Waals surface area contributed by atoms with Crippen molar-refractivity contribution in [1.29, 1.82) is 0 Å². The van der Waals surface area contributed by atoms with Crippen molar-refractivity contribution in [2.45, 2.75) is 13.5 Å². The molecule has 6 nitrogen and oxygen atoms in total. The zero-order chi connectivity index (χ0) is 19.7. The number of fused-ring (bicyclic) bond motifs is 1. The van der Waals surface area contributed by atoms with Crippen molar-refractivity contribution in [3.63, 3.8) is 0 Å². The maximum absolute atomic E-state index is 12.9. The molecule has 1 saturated heterocycles. The monoisotopic (exact) mass is 396 g/mol. The van der Waals surface area contributed by atoms with Crippen molar-refractivity contribution in [3.8, 4) is 0 Å². The summed E-state index contributed by atoms with van der Waals surface area (Å²) in [6, 6.07) is 11.5. The first kappa shape index (κ1) is 18.7. The number of aryl methyl sites for hydroxylation is 1. The summed E-state index contributed by atoms with van der Waals surface area (Å²) in [4.78, 5) is 33.9. The molecule has 0 aliphatic carbocycles. The predicted molar refractivity (Wildman–Crippen MR) is 109 cm³/mol. The molecule has 1 fully saturated rings. The SMILES string of the molecule is Cc1ccc2ncc(C(=O)N3CCN(Cc4cccc(Cl)c4)CC3)c(=O)n2c1. The van der Waals surface area contributed by atoms with Crippen LogP contribution in [0.15, 0.2) is 53.6 Å². The van der Waals surface area contributed by atoms with Gasteiger partial charge >= 0.3 is 0 Å². The molecule has 1 aliphatic rings. The number of amides is 1. The lowest BCUT2D eigenvalue weighted by atomic mass is 10.2. The second-order valence-corrected chi connectivity index (χ2v) is 7.55. The van der Waals surface area contributed by atoms with Gasteiger partial charge in [-0.2, -0.15) is 0 Å². The van der Waals surface area contributed by atoms with Crippen LogP contribution < -0.4 is 5.56 Å². The highest BCUT2D eigenvalue weighted by atomic mass is 35.5. The van der Waals surface area contributed by atoms with Crippen LogP contribution in [0.3, 0.4) is 0 Å². The lowest BCUT2D eigenvalue weighted by Gasteiger charge is -2.34. The van der Waals surface area contributed by atoms with Crippen LogP contribution in [-0.4, -0.2) is 51.3 Å². The number of benzene rings is 1. The largest absolute Gasteiger partial charge is 0.336 e. The fourth-order valence-electron chi connectivity index (χ4n) is 3.50. The van der Waals surface area contributed by atoms with E-state index in [0.29, 0.717) is 18.7 Å². The van der Waals surface area contributed by atoms with Gasteiger partial charge in [0.25, 0.3) is 11.5 Å². The van der Waals surface area contributed by atoms with E-state index in [1.54, 1.807) is 17.2 Å². The molecular weight excluding hydrogens is 376 g/mol. The van der Waals surface area contributed by atoms with E-state index in [9.17, 15) is 9.59 Å². The number of carbonyl (C=O) groups excluding carboxylic acids is 1. The molecule has 0 bridgehead atoms. The fraction of sp³-hybridized carbons (Fsp3) is 0.286. The molecule has 3 heterocycles. The van der Waals surface area contributed by atoms with Crippen LogP contribution in [0.2, 0.25) is 5.02 Å². The molecular formula is C21H21ClN4O2. The Morgan fingerprint density at radius 3 is 2.68 bits per heavy atom. The van der Waals surface area contributed by atoms with E-state index >= 15 is 0 Å². The van der Waals surface area contributed by atoms with Crippen LogP contribution in [0.4, 0.5) is 0 Å². The van der Waals surface area contributed by atoms with Gasteiger partial charge < -0.3 is 4.90 Å². The van der Waals surface area contributed by atoms with E-state index in [1.807, 2.05) is 37.3 Å². The summed E-state index contributed by atoms with van der Waals surface area (Å²) in [5.74, 6) is -0.254. The smallest absolute Gasteiger partial charge is 0.270 e. The molecule has 3 aromatic rings. The molecule has 0 radical (unpaired) electrons. The molecule has 144 valence electrons. The molecule has 0 saturated carbocycles. The zero-order valence-electron chi connectivity index (χ0n) is 15.6. The van der Waals surface area contributed by atoms with Gasteiger partial charge in [0, 0.05) is 50.1 Å². The molecule has 0 atom stereocenters. The molecule has 7 heteroatoms. The van der Waals surface area contributed by atoms with E-state index in [4.69, 9.17) is 11.6 Å². The molecule has 0 spiro atoms. The van der Waals surface area contributed by atoms with Crippen molar-refractivity contribution in [1.82, 2.24) is 19.2 Å². The second-order valence-electron chi connectivity index (χ2n) is 7.11. The van der Waals surface area contributed by atoms with Crippen LogP contribution in [-0.2, 0) is 6.54 Å². The quantitative estimate of drug-likeness (QED) is 0.683. The van der Waals surface area contributed by atoms with Crippen LogP contribution in [0.25, 0.3) is 5.65 Å². The fourth-order valence-corrected chi connectivity index (χ4v) is 3.72. The van der Waals surface area contributed by atoms with Gasteiger partial charge in [-0.1, -0.05) is 29.8 Å². The number of aromatic nitrogens is 2. The first-order valence-electron chi connectivity index (χ1n) is 9.25. The molecule has 28 heavy (non-hydrogen) atoms. The number of rotatable bonds is 3. The van der Waals surface area contributed by atoms with Crippen molar-refractivity contribution < 1.29 is 4.79 Å². The number of pyridine rings is 1. The Hall–Kier alpha value is -2.70. The van der Waals surface area contributed by atoms with E-state index in [0.717, 1.165) is 35.8 Å². The molecule has 0 N–H and O–H groups in total. The Bertz CT molecular complexity index is 1090. The summed E-state index contributed by atoms with van der Waals surface area (Å²) in [6.07, 6.45) is 3.11. The van der Waals surface area contributed by atoms with Gasteiger partial charge in [0.2, 0.25) is 0 Å². The van der Waals surface area contributed by atoms with Crippen molar-refractivity contribution in [3.05, 3.63) is 80.9 Å². The maximum atomic E-state index is 12.9. The number of halogens is 1. The van der Waals surface area contributed by atoms with Gasteiger partial charge in [0.15, 0.2) is 0 Å². The number of hydrogen-bond donors (Lipinski definition) is 0. The minimum Gasteiger partial charge on any atom is -0.336 e. The minimum absolute atomic E-state index is 0.117. The van der Waals surface area contributed by atoms with E-state index in [-0.39, 0.29) is 17.0 Å². The van der Waals surface area contributed by atoms with Gasteiger partial charge in [-0.25, -0.2) is 4.98 Å². The van der Waals surface area contributed by atoms with Crippen molar-refractivity contribution in [2.75, 3.05) is 26.2 Å². The van der Waals surface area contributed by atoms with Gasteiger partial charge in [-0.05, 0) is 36.2 Å². The Balaban J connectivity index is 1.46. The highest BCUT2D eigenvalue weighted by Gasteiger charge is 2.24. The zero-order valence-corrected chi connectivity index (χ0v) is 16.4. The summed E-state index contributed by atoms with van der Waals surface area (Å²) in [6.45, 7) is 5.35. The van der Waals surface area contributed by atoms with Crippen LogP contribution in [0, 0.1) is 6.92 Å². The summed E-state index contributed by atoms with van der Waals surface area (Å²) < 4.78 is 1.44. The normalized spacial score (nSPS) is 15.1. The third-order valence-corrected chi connectivity index (χ3v) is 5.27. The Labute approximate surface area is 168 Å². The standard InChI is InChI=1S/C21H21ClN4O2/c1-15-5-6-19-23-12-18(21(28)26(19)13-15)20(27)25-9-7-24(8-10-25)14-16-3-2-4-17(22)11-16/h2-6,11-13H,7-10,14H2,1H3. The highest BCUT2D eigenvalue weighted by Crippen LogP contribution is 2.14. The van der Waals surface area contributed by atoms with Crippen LogP contribution in [0.1, 0.15) is 21.5 Å². The molecule has 2 aromatic heterocycles. The van der Waals surface area contributed by atoms with E-state index in [2.05, 4.69) is 9.88 Å². The first-order chi connectivity index (χ1) is 13.5. The Kier molecular flexibility index (Phi) is 5.15. The molecule has 1 amide bonds. The molecule has 1 aliphatic heterocycles. The number of carbonyl (C=O) groups is 1. The highest BCUT2D eigenvalue weighted by molar-refractivity contribution is 6.30. The number of hydrogen-bond acceptors (Lipinski definition) is 4. The van der Waals surface area contributed by atoms with Crippen molar-refractivity contribution in [2.24, 2.45) is 0 Å². The average molecular weight is 397 g/mol. The van der Waals surface area contributed by atoms with Crippen LogP contribution in [0.5, 0.6) is 0 Å². The summed E-state index contributed by atoms with van der Waals surface area (Å²) in [7, 11) is 0. The summed E-state index contributed by atoms with van der Waals surface area (Å²) >= 11 is 6.05. The van der Waals surface area contributed by atoms with Gasteiger partial charge in [-0.3, -0.25) is 18.9 Å². The Morgan fingerprint density at radius 2 is 1.93 bits per heavy atom. The van der Waals surface area contributed by atoms with E-state index < -0.39 is 0 Å². The third-order valence-electron chi connectivity index (χ3n) is 5.04. The predicted octanol–water partition coefficient (Wildman–Crippen LogP) is 2.61. The molecule has 4 rings (SSSR count). The lowest BCUT2D eigenvalue weighted by Crippen LogP contribution is -2.49. The molecule has 1 aromatic carbocycles. The average Bonchev–Trinajstić information content (AvgIpc) is 2.69. The summed E-state index contributed by atoms with van der Waals surface area (Å²) in [5.41, 5.74) is 2.43. The van der Waals surface area contributed by atoms with Gasteiger partial charge in [0.1, 0.15) is 11.2 Å². The third kappa shape index (κ3) is 3.79. The minimum atomic E-state index is -0.319. The lowest BCUT2D eigenvalue weighted by molar-refractivity contribution is 0.0626. The molecule has 0 unspecified atom stereocenters. The van der Waals surface area contributed by atoms with E-state index in [1.165, 1.54) is 10.6 Å². The topological polar surface area (TPSA) is 57.9 Å². The second kappa shape index (κ2) is 7.73. The number of piperazine rings is 1. The van der Waals surface area contributed by atoms with Gasteiger partial charge in [0.05, 0.1) is 0 Å². The maximum Gasteiger partial charge on any atom is 0.270 e. The van der Waals surface area contributed by atoms with Crippen molar-refractivity contribution >= 4 is 23.2 Å². The van der Waals surface area contributed by atoms with Gasteiger partial charge in [-0.15, -0.1) is 0 Å². The van der Waals surface area contributed by atoms with Crippen LogP contribution >= 0.6 is 11.6 Å².